The monoisotopic (exact) mass is 401 g/mol. The molecule has 1 aromatic heterocycles. The van der Waals surface area contributed by atoms with E-state index in [2.05, 4.69) is 20.9 Å². The van der Waals surface area contributed by atoms with Gasteiger partial charge in [-0.25, -0.2) is 9.37 Å². The number of nitriles is 1. The summed E-state index contributed by atoms with van der Waals surface area (Å²) in [6, 6.07) is 15.3. The van der Waals surface area contributed by atoms with Gasteiger partial charge >= 0.3 is 0 Å². The van der Waals surface area contributed by atoms with Crippen molar-refractivity contribution in [2.75, 3.05) is 5.73 Å². The third-order valence-corrected chi connectivity index (χ3v) is 4.27. The molecule has 0 unspecified atom stereocenters. The summed E-state index contributed by atoms with van der Waals surface area (Å²) in [5.74, 6) is -0.393. The Bertz CT molecular complexity index is 965. The number of halogens is 3. The number of hydrogen-bond acceptors (Lipinski definition) is 3. The highest BCUT2D eigenvalue weighted by molar-refractivity contribution is 9.10. The van der Waals surface area contributed by atoms with E-state index in [1.54, 1.807) is 42.5 Å². The smallest absolute Gasteiger partial charge is 0.142 e. The predicted molar refractivity (Wildman–Crippen MR) is 96.9 cm³/mol. The first kappa shape index (κ1) is 16.4. The van der Waals surface area contributed by atoms with Crippen LogP contribution in [0.25, 0.3) is 22.4 Å². The number of pyridine rings is 1. The van der Waals surface area contributed by atoms with Crippen LogP contribution < -0.4 is 5.73 Å². The molecule has 3 aromatic rings. The molecule has 0 spiro atoms. The van der Waals surface area contributed by atoms with Crippen LogP contribution in [0.4, 0.5) is 10.2 Å². The summed E-state index contributed by atoms with van der Waals surface area (Å²) < 4.78 is 15.0. The van der Waals surface area contributed by atoms with Crippen LogP contribution in [0.1, 0.15) is 5.56 Å². The molecule has 6 heteroatoms. The molecule has 3 nitrogen and oxygen atoms in total. The molecular weight excluding hydrogens is 393 g/mol. The van der Waals surface area contributed by atoms with Gasteiger partial charge in [0.15, 0.2) is 0 Å². The zero-order valence-electron chi connectivity index (χ0n) is 12.2. The number of hydrogen-bond donors (Lipinski definition) is 1. The topological polar surface area (TPSA) is 62.7 Å². The zero-order valence-corrected chi connectivity index (χ0v) is 14.6. The van der Waals surface area contributed by atoms with E-state index in [0.29, 0.717) is 26.3 Å². The van der Waals surface area contributed by atoms with Gasteiger partial charge in [-0.2, -0.15) is 5.26 Å². The highest BCUT2D eigenvalue weighted by atomic mass is 79.9. The van der Waals surface area contributed by atoms with Crippen LogP contribution in [0.5, 0.6) is 0 Å². The predicted octanol–water partition coefficient (Wildman–Crippen LogP) is 5.42. The number of anilines is 1. The van der Waals surface area contributed by atoms with Gasteiger partial charge in [-0.3, -0.25) is 0 Å². The van der Waals surface area contributed by atoms with Crippen molar-refractivity contribution in [1.29, 1.82) is 5.26 Å². The Hall–Kier alpha value is -2.42. The number of benzene rings is 2. The summed E-state index contributed by atoms with van der Waals surface area (Å²) in [5, 5.41) is 9.98. The molecule has 0 atom stereocenters. The van der Waals surface area contributed by atoms with Crippen molar-refractivity contribution in [3.05, 3.63) is 69.4 Å². The molecule has 2 aromatic carbocycles. The van der Waals surface area contributed by atoms with Crippen molar-refractivity contribution in [2.24, 2.45) is 0 Å². The first-order valence-electron chi connectivity index (χ1n) is 6.91. The van der Waals surface area contributed by atoms with Gasteiger partial charge in [-0.15, -0.1) is 0 Å². The lowest BCUT2D eigenvalue weighted by molar-refractivity contribution is 0.630. The summed E-state index contributed by atoms with van der Waals surface area (Å²) in [6.45, 7) is 0. The lowest BCUT2D eigenvalue weighted by Crippen LogP contribution is -2.00. The van der Waals surface area contributed by atoms with Gasteiger partial charge in [-0.05, 0) is 30.3 Å². The molecule has 0 fully saturated rings. The zero-order chi connectivity index (χ0) is 17.3. The molecular formula is C18H10BrClFN3. The maximum atomic E-state index is 14.4. The number of nitrogens with zero attached hydrogens (tertiary/aromatic N) is 2. The van der Waals surface area contributed by atoms with Gasteiger partial charge in [0.2, 0.25) is 0 Å². The third-order valence-electron chi connectivity index (χ3n) is 3.52. The molecule has 24 heavy (non-hydrogen) atoms. The first-order chi connectivity index (χ1) is 11.5. The largest absolute Gasteiger partial charge is 0.383 e. The number of nitrogens with two attached hydrogens (primary N) is 1. The minimum Gasteiger partial charge on any atom is -0.383 e. The lowest BCUT2D eigenvalue weighted by Gasteiger charge is -2.11. The third kappa shape index (κ3) is 3.12. The van der Waals surface area contributed by atoms with Gasteiger partial charge in [0, 0.05) is 26.2 Å². The summed E-state index contributed by atoms with van der Waals surface area (Å²) in [5.41, 5.74) is 8.08. The Kier molecular flexibility index (Phi) is 4.52. The molecule has 0 radical (unpaired) electrons. The fourth-order valence-electron chi connectivity index (χ4n) is 2.37. The molecule has 118 valence electrons. The van der Waals surface area contributed by atoms with Crippen molar-refractivity contribution < 1.29 is 4.39 Å². The van der Waals surface area contributed by atoms with Crippen molar-refractivity contribution in [1.82, 2.24) is 4.98 Å². The minimum atomic E-state index is -0.450. The standard InChI is InChI=1S/C18H10BrClFN3/c19-11-3-6-13(16(21)7-11)14-8-17(24-18(23)15(14)9-22)10-1-4-12(20)5-2-10/h1-8H,(H2,23,24). The van der Waals surface area contributed by atoms with Crippen LogP contribution in [0.3, 0.4) is 0 Å². The van der Waals surface area contributed by atoms with Crippen LogP contribution in [0, 0.1) is 17.1 Å². The van der Waals surface area contributed by atoms with Gasteiger partial charge in [-0.1, -0.05) is 45.7 Å². The Morgan fingerprint density at radius 3 is 2.42 bits per heavy atom. The van der Waals surface area contributed by atoms with E-state index >= 15 is 0 Å². The number of aromatic nitrogens is 1. The number of rotatable bonds is 2. The molecule has 0 amide bonds. The van der Waals surface area contributed by atoms with Crippen LogP contribution in [0.15, 0.2) is 53.0 Å². The SMILES string of the molecule is N#Cc1c(-c2ccc(Br)cc2F)cc(-c2ccc(Cl)cc2)nc1N. The molecule has 3 rings (SSSR count). The van der Waals surface area contributed by atoms with Crippen molar-refractivity contribution in [2.45, 2.75) is 0 Å². The van der Waals surface area contributed by atoms with E-state index in [0.717, 1.165) is 5.56 Å². The van der Waals surface area contributed by atoms with Gasteiger partial charge in [0.05, 0.1) is 5.69 Å². The average Bonchev–Trinajstić information content (AvgIpc) is 2.55. The molecule has 0 saturated heterocycles. The van der Waals surface area contributed by atoms with Gasteiger partial charge < -0.3 is 5.73 Å². The van der Waals surface area contributed by atoms with Gasteiger partial charge in [0.1, 0.15) is 23.3 Å². The maximum Gasteiger partial charge on any atom is 0.142 e. The quantitative estimate of drug-likeness (QED) is 0.622. The average molecular weight is 403 g/mol. The van der Waals surface area contributed by atoms with Crippen LogP contribution in [-0.2, 0) is 0 Å². The van der Waals surface area contributed by atoms with Crippen LogP contribution in [0.2, 0.25) is 5.02 Å². The second kappa shape index (κ2) is 6.60. The molecule has 0 bridgehead atoms. The minimum absolute atomic E-state index is 0.0577. The highest BCUT2D eigenvalue weighted by Gasteiger charge is 2.16. The van der Waals surface area contributed by atoms with E-state index in [4.69, 9.17) is 17.3 Å². The maximum absolute atomic E-state index is 14.4. The van der Waals surface area contributed by atoms with E-state index in [-0.39, 0.29) is 11.4 Å². The summed E-state index contributed by atoms with van der Waals surface area (Å²) in [7, 11) is 0. The Balaban J connectivity index is 2.24. The fraction of sp³-hybridized carbons (Fsp3) is 0. The van der Waals surface area contributed by atoms with Crippen molar-refractivity contribution in [3.63, 3.8) is 0 Å². The van der Waals surface area contributed by atoms with E-state index in [1.165, 1.54) is 6.07 Å². The number of nitrogen functional groups attached to an aromatic ring is 1. The van der Waals surface area contributed by atoms with E-state index in [1.807, 2.05) is 6.07 Å². The second-order valence-electron chi connectivity index (χ2n) is 5.06. The lowest BCUT2D eigenvalue weighted by atomic mass is 9.98. The normalized spacial score (nSPS) is 10.4. The molecule has 0 aliphatic carbocycles. The highest BCUT2D eigenvalue weighted by Crippen LogP contribution is 2.33. The summed E-state index contributed by atoms with van der Waals surface area (Å²) in [6.07, 6.45) is 0. The van der Waals surface area contributed by atoms with Crippen LogP contribution in [-0.4, -0.2) is 4.98 Å². The molecule has 0 aliphatic heterocycles. The van der Waals surface area contributed by atoms with Crippen molar-refractivity contribution >= 4 is 33.3 Å². The molecule has 1 heterocycles. The second-order valence-corrected chi connectivity index (χ2v) is 6.41. The van der Waals surface area contributed by atoms with Gasteiger partial charge in [0.25, 0.3) is 0 Å². The van der Waals surface area contributed by atoms with Crippen LogP contribution >= 0.6 is 27.5 Å². The van der Waals surface area contributed by atoms with Crippen molar-refractivity contribution in [3.8, 4) is 28.5 Å². The van der Waals surface area contributed by atoms with E-state index < -0.39 is 5.82 Å². The van der Waals surface area contributed by atoms with E-state index in [9.17, 15) is 9.65 Å². The molecule has 0 aliphatic rings. The Morgan fingerprint density at radius 1 is 1.08 bits per heavy atom. The fourth-order valence-corrected chi connectivity index (χ4v) is 2.83. The Morgan fingerprint density at radius 2 is 1.79 bits per heavy atom. The first-order valence-corrected chi connectivity index (χ1v) is 8.08. The molecule has 2 N–H and O–H groups in total. The Labute approximate surface area is 151 Å². The molecule has 0 saturated carbocycles. The summed E-state index contributed by atoms with van der Waals surface area (Å²) >= 11 is 9.12. The summed E-state index contributed by atoms with van der Waals surface area (Å²) in [4.78, 5) is 4.26.